The lowest BCUT2D eigenvalue weighted by atomic mass is 9.93. The van der Waals surface area contributed by atoms with Crippen LogP contribution in [0.3, 0.4) is 0 Å². The van der Waals surface area contributed by atoms with Gasteiger partial charge in [0.2, 0.25) is 11.8 Å². The first kappa shape index (κ1) is 15.3. The van der Waals surface area contributed by atoms with Crippen LogP contribution in [0.2, 0.25) is 0 Å². The van der Waals surface area contributed by atoms with Crippen LogP contribution in [-0.2, 0) is 4.79 Å². The van der Waals surface area contributed by atoms with E-state index >= 15 is 0 Å². The van der Waals surface area contributed by atoms with Crippen LogP contribution in [0.4, 0.5) is 0 Å². The second kappa shape index (κ2) is 7.63. The number of hydrogen-bond donors (Lipinski definition) is 1. The Morgan fingerprint density at radius 1 is 1.43 bits per heavy atom. The molecule has 0 radical (unpaired) electrons. The molecule has 0 unspecified atom stereocenters. The third-order valence-corrected chi connectivity index (χ3v) is 3.67. The van der Waals surface area contributed by atoms with Gasteiger partial charge in [0, 0.05) is 24.7 Å². The number of pyridine rings is 1. The van der Waals surface area contributed by atoms with Crippen molar-refractivity contribution in [3.63, 3.8) is 0 Å². The monoisotopic (exact) mass is 287 g/mol. The van der Waals surface area contributed by atoms with E-state index in [0.29, 0.717) is 17.9 Å². The van der Waals surface area contributed by atoms with Gasteiger partial charge >= 0.3 is 0 Å². The molecule has 0 atom stereocenters. The van der Waals surface area contributed by atoms with E-state index in [0.717, 1.165) is 32.1 Å². The normalized spacial score (nSPS) is 21.3. The van der Waals surface area contributed by atoms with Crippen molar-refractivity contribution < 1.29 is 9.53 Å². The van der Waals surface area contributed by atoms with E-state index in [2.05, 4.69) is 10.3 Å². The number of carbonyl (C=O) groups is 1. The summed E-state index contributed by atoms with van der Waals surface area (Å²) in [5.74, 6) is 0.711. The molecule has 21 heavy (non-hydrogen) atoms. The van der Waals surface area contributed by atoms with Crippen molar-refractivity contribution in [2.75, 3.05) is 0 Å². The highest BCUT2D eigenvalue weighted by Crippen LogP contribution is 2.23. The van der Waals surface area contributed by atoms with Crippen LogP contribution in [0, 0.1) is 11.3 Å². The maximum Gasteiger partial charge on any atom is 0.220 e. The molecule has 0 bridgehead atoms. The van der Waals surface area contributed by atoms with Crippen molar-refractivity contribution in [2.45, 2.75) is 57.6 Å². The predicted octanol–water partition coefficient (Wildman–Crippen LogP) is 2.56. The van der Waals surface area contributed by atoms with Crippen molar-refractivity contribution in [1.82, 2.24) is 10.3 Å². The Morgan fingerprint density at radius 2 is 2.19 bits per heavy atom. The van der Waals surface area contributed by atoms with Crippen molar-refractivity contribution >= 4 is 5.91 Å². The molecule has 1 aliphatic carbocycles. The zero-order valence-electron chi connectivity index (χ0n) is 12.3. The fourth-order valence-electron chi connectivity index (χ4n) is 2.54. The topological polar surface area (TPSA) is 75.0 Å². The smallest absolute Gasteiger partial charge is 0.220 e. The lowest BCUT2D eigenvalue weighted by Gasteiger charge is -2.29. The van der Waals surface area contributed by atoms with Gasteiger partial charge in [-0.1, -0.05) is 6.92 Å². The number of nitrogens with zero attached hydrogens (tertiary/aromatic N) is 2. The lowest BCUT2D eigenvalue weighted by Crippen LogP contribution is -2.39. The largest absolute Gasteiger partial charge is 0.474 e. The molecule has 0 aromatic carbocycles. The third kappa shape index (κ3) is 4.75. The van der Waals surface area contributed by atoms with Gasteiger partial charge in [0.25, 0.3) is 0 Å². The minimum Gasteiger partial charge on any atom is -0.474 e. The van der Waals surface area contributed by atoms with Crippen molar-refractivity contribution in [3.8, 4) is 11.9 Å². The molecule has 1 aliphatic rings. The molecule has 0 aliphatic heterocycles. The Morgan fingerprint density at radius 3 is 2.76 bits per heavy atom. The summed E-state index contributed by atoms with van der Waals surface area (Å²) in [6.07, 6.45) is 6.86. The molecule has 5 heteroatoms. The second-order valence-electron chi connectivity index (χ2n) is 5.41. The van der Waals surface area contributed by atoms with Crippen molar-refractivity contribution in [3.05, 3.63) is 23.9 Å². The number of hydrogen-bond acceptors (Lipinski definition) is 4. The average Bonchev–Trinajstić information content (AvgIpc) is 2.50. The highest BCUT2D eigenvalue weighted by molar-refractivity contribution is 5.76. The fourth-order valence-corrected chi connectivity index (χ4v) is 2.54. The van der Waals surface area contributed by atoms with Crippen LogP contribution in [0.1, 0.15) is 51.0 Å². The Bertz CT molecular complexity index is 499. The standard InChI is InChI=1S/C16H21N3O2/c1-2-3-15(20)19-13-5-7-14(8-6-13)21-16-9-4-12(10-17)11-18-16/h4,9,11,13-14H,2-3,5-8H2,1H3,(H,19,20). The number of aromatic nitrogens is 1. The zero-order valence-corrected chi connectivity index (χ0v) is 12.3. The van der Waals surface area contributed by atoms with Crippen molar-refractivity contribution in [2.24, 2.45) is 0 Å². The molecule has 1 fully saturated rings. The minimum atomic E-state index is 0.143. The van der Waals surface area contributed by atoms with Gasteiger partial charge in [0.05, 0.1) is 5.56 Å². The summed E-state index contributed by atoms with van der Waals surface area (Å²) in [6, 6.07) is 5.75. The number of rotatable bonds is 5. The summed E-state index contributed by atoms with van der Waals surface area (Å²) in [5, 5.41) is 11.8. The molecule has 5 nitrogen and oxygen atoms in total. The van der Waals surface area contributed by atoms with E-state index < -0.39 is 0 Å². The van der Waals surface area contributed by atoms with Gasteiger partial charge in [-0.05, 0) is 38.2 Å². The van der Waals surface area contributed by atoms with Crippen LogP contribution < -0.4 is 10.1 Å². The van der Waals surface area contributed by atoms with Gasteiger partial charge in [0.15, 0.2) is 0 Å². The van der Waals surface area contributed by atoms with Crippen molar-refractivity contribution in [1.29, 1.82) is 5.26 Å². The SMILES string of the molecule is CCCC(=O)NC1CCC(Oc2ccc(C#N)cn2)CC1. The summed E-state index contributed by atoms with van der Waals surface area (Å²) < 4.78 is 5.82. The zero-order chi connectivity index (χ0) is 15.1. The van der Waals surface area contributed by atoms with E-state index in [-0.39, 0.29) is 18.1 Å². The molecule has 1 N–H and O–H groups in total. The first-order chi connectivity index (χ1) is 10.2. The maximum absolute atomic E-state index is 11.6. The number of nitrogens with one attached hydrogen (secondary N) is 1. The molecule has 1 amide bonds. The number of amides is 1. The summed E-state index contributed by atoms with van der Waals surface area (Å²) >= 11 is 0. The van der Waals surface area contributed by atoms with Crippen LogP contribution in [0.15, 0.2) is 18.3 Å². The maximum atomic E-state index is 11.6. The molecule has 2 rings (SSSR count). The number of carbonyl (C=O) groups excluding carboxylic acids is 1. The predicted molar refractivity (Wildman–Crippen MR) is 78.7 cm³/mol. The fraction of sp³-hybridized carbons (Fsp3) is 0.562. The Balaban J connectivity index is 1.76. The van der Waals surface area contributed by atoms with Gasteiger partial charge < -0.3 is 10.1 Å². The Kier molecular flexibility index (Phi) is 5.56. The van der Waals surface area contributed by atoms with Gasteiger partial charge in [-0.2, -0.15) is 5.26 Å². The van der Waals surface area contributed by atoms with Crippen LogP contribution >= 0.6 is 0 Å². The molecule has 1 saturated carbocycles. The van der Waals surface area contributed by atoms with Crippen LogP contribution in [0.5, 0.6) is 5.88 Å². The molecular weight excluding hydrogens is 266 g/mol. The second-order valence-corrected chi connectivity index (χ2v) is 5.41. The Hall–Kier alpha value is -2.09. The third-order valence-electron chi connectivity index (χ3n) is 3.67. The summed E-state index contributed by atoms with van der Waals surface area (Å²) in [4.78, 5) is 15.7. The van der Waals surface area contributed by atoms with E-state index in [1.807, 2.05) is 13.0 Å². The molecule has 1 heterocycles. The summed E-state index contributed by atoms with van der Waals surface area (Å²) in [7, 11) is 0. The van der Waals surface area contributed by atoms with Gasteiger partial charge in [-0.15, -0.1) is 0 Å². The van der Waals surface area contributed by atoms with Crippen LogP contribution in [0.25, 0.3) is 0 Å². The average molecular weight is 287 g/mol. The number of ether oxygens (including phenoxy) is 1. The van der Waals surface area contributed by atoms with E-state index in [1.165, 1.54) is 6.20 Å². The van der Waals surface area contributed by atoms with E-state index in [1.54, 1.807) is 12.1 Å². The first-order valence-corrected chi connectivity index (χ1v) is 7.53. The summed E-state index contributed by atoms with van der Waals surface area (Å²) in [6.45, 7) is 2.01. The lowest BCUT2D eigenvalue weighted by molar-refractivity contribution is -0.122. The molecule has 1 aromatic rings. The molecule has 1 aromatic heterocycles. The quantitative estimate of drug-likeness (QED) is 0.903. The van der Waals surface area contributed by atoms with Gasteiger partial charge in [-0.3, -0.25) is 4.79 Å². The summed E-state index contributed by atoms with van der Waals surface area (Å²) in [5.41, 5.74) is 0.532. The Labute approximate surface area is 125 Å². The molecule has 0 spiro atoms. The van der Waals surface area contributed by atoms with E-state index in [4.69, 9.17) is 10.00 Å². The molecular formula is C16H21N3O2. The highest BCUT2D eigenvalue weighted by atomic mass is 16.5. The molecule has 0 saturated heterocycles. The van der Waals surface area contributed by atoms with Crippen LogP contribution in [-0.4, -0.2) is 23.0 Å². The number of nitriles is 1. The van der Waals surface area contributed by atoms with Gasteiger partial charge in [-0.25, -0.2) is 4.98 Å². The van der Waals surface area contributed by atoms with E-state index in [9.17, 15) is 4.79 Å². The van der Waals surface area contributed by atoms with Gasteiger partial charge in [0.1, 0.15) is 12.2 Å². The minimum absolute atomic E-state index is 0.143. The molecule has 112 valence electrons. The highest BCUT2D eigenvalue weighted by Gasteiger charge is 2.23. The first-order valence-electron chi connectivity index (χ1n) is 7.53.